The molecule has 6 nitrogen and oxygen atoms in total. The fraction of sp³-hybridized carbons (Fsp3) is 0.667. The van der Waals surface area contributed by atoms with Crippen molar-refractivity contribution in [3.63, 3.8) is 0 Å². The van der Waals surface area contributed by atoms with Crippen LogP contribution in [0.2, 0.25) is 0 Å². The number of nitrogens with one attached hydrogen (secondary N) is 1. The van der Waals surface area contributed by atoms with Gasteiger partial charge < -0.3 is 19.9 Å². The fourth-order valence-corrected chi connectivity index (χ4v) is 3.30. The number of carboxylic acids is 1. The lowest BCUT2D eigenvalue weighted by molar-refractivity contribution is -0.151. The molecule has 0 bridgehead atoms. The minimum absolute atomic E-state index is 0.0626. The second-order valence-electron chi connectivity index (χ2n) is 7.59. The van der Waals surface area contributed by atoms with Crippen LogP contribution in [-0.2, 0) is 14.3 Å². The number of rotatable bonds is 12. The summed E-state index contributed by atoms with van der Waals surface area (Å²) in [6, 6.07) is 0.479. The fourth-order valence-electron chi connectivity index (χ4n) is 3.30. The van der Waals surface area contributed by atoms with Gasteiger partial charge in [-0.25, -0.2) is 4.99 Å². The zero-order valence-electron chi connectivity index (χ0n) is 16.9. The van der Waals surface area contributed by atoms with Crippen molar-refractivity contribution in [1.29, 1.82) is 0 Å². The highest BCUT2D eigenvalue weighted by molar-refractivity contribution is 5.75. The molecule has 6 heteroatoms. The number of hydrogen-bond acceptors (Lipinski definition) is 5. The molecule has 2 aliphatic rings. The monoisotopic (exact) mass is 376 g/mol. The van der Waals surface area contributed by atoms with E-state index in [-0.39, 0.29) is 13.4 Å². The van der Waals surface area contributed by atoms with E-state index >= 15 is 0 Å². The minimum Gasteiger partial charge on any atom is -0.481 e. The summed E-state index contributed by atoms with van der Waals surface area (Å²) in [5.41, 5.74) is 2.57. The number of carbonyl (C=O) groups is 1. The van der Waals surface area contributed by atoms with Gasteiger partial charge in [0.25, 0.3) is 0 Å². The van der Waals surface area contributed by atoms with E-state index in [1.165, 1.54) is 0 Å². The highest BCUT2D eigenvalue weighted by Crippen LogP contribution is 2.40. The van der Waals surface area contributed by atoms with Crippen molar-refractivity contribution in [2.45, 2.75) is 65.0 Å². The number of ether oxygens (including phenoxy) is 2. The molecule has 2 N–H and O–H groups in total. The van der Waals surface area contributed by atoms with Crippen LogP contribution in [0.4, 0.5) is 0 Å². The van der Waals surface area contributed by atoms with Crippen LogP contribution >= 0.6 is 0 Å². The molecule has 1 aliphatic carbocycles. The normalized spacial score (nSPS) is 22.3. The first kappa shape index (κ1) is 21.6. The summed E-state index contributed by atoms with van der Waals surface area (Å²) >= 11 is 0. The molecule has 0 aromatic rings. The molecule has 1 aliphatic heterocycles. The molecule has 0 spiro atoms. The van der Waals surface area contributed by atoms with E-state index in [9.17, 15) is 4.79 Å². The van der Waals surface area contributed by atoms with E-state index in [0.717, 1.165) is 42.7 Å². The minimum atomic E-state index is -0.835. The summed E-state index contributed by atoms with van der Waals surface area (Å²) in [5.74, 6) is 1.83. The molecule has 0 radical (unpaired) electrons. The average molecular weight is 376 g/mol. The Kier molecular flexibility index (Phi) is 7.99. The molecule has 150 valence electrons. The molecule has 0 saturated heterocycles. The Hall–Kier alpha value is -1.72. The van der Waals surface area contributed by atoms with Gasteiger partial charge in [-0.05, 0) is 51.1 Å². The van der Waals surface area contributed by atoms with Crippen LogP contribution < -0.4 is 5.32 Å². The summed E-state index contributed by atoms with van der Waals surface area (Å²) in [4.78, 5) is 15.5. The topological polar surface area (TPSA) is 80.2 Å². The molecule has 27 heavy (non-hydrogen) atoms. The van der Waals surface area contributed by atoms with Gasteiger partial charge in [0.2, 0.25) is 0 Å². The van der Waals surface area contributed by atoms with Gasteiger partial charge in [0.15, 0.2) is 0 Å². The zero-order chi connectivity index (χ0) is 19.9. The average Bonchev–Trinajstić information content (AvgIpc) is 3.03. The second-order valence-corrected chi connectivity index (χ2v) is 7.59. The standard InChI is InChI=1S/C21H32N2O4/c1-5-16(20(24)25)13-26-14-27-21(4)10-6-9-18-19(21)17(12-23-18)8-7-11-22-15(2)3/h6,9,15-16,22H,5,7-8,10-11,13-14H2,1-4H3,(H,24,25). The largest absolute Gasteiger partial charge is 0.481 e. The lowest BCUT2D eigenvalue weighted by Crippen LogP contribution is -2.35. The molecule has 2 rings (SSSR count). The molecule has 0 fully saturated rings. The summed E-state index contributed by atoms with van der Waals surface area (Å²) in [6.45, 7) is 9.34. The van der Waals surface area contributed by atoms with Crippen molar-refractivity contribution in [3.8, 4) is 0 Å². The number of nitrogens with zero attached hydrogens (tertiary/aromatic N) is 1. The Labute approximate surface area is 162 Å². The first-order valence-corrected chi connectivity index (χ1v) is 9.79. The van der Waals surface area contributed by atoms with Crippen LogP contribution in [0.1, 0.15) is 53.4 Å². The Bertz CT molecular complexity index is 659. The van der Waals surface area contributed by atoms with Gasteiger partial charge in [0.1, 0.15) is 6.79 Å². The molecule has 1 heterocycles. The van der Waals surface area contributed by atoms with Crippen molar-refractivity contribution in [1.82, 2.24) is 5.32 Å². The predicted octanol–water partition coefficient (Wildman–Crippen LogP) is 3.45. The van der Waals surface area contributed by atoms with Crippen molar-refractivity contribution in [2.75, 3.05) is 19.9 Å². The summed E-state index contributed by atoms with van der Waals surface area (Å²) < 4.78 is 11.6. The van der Waals surface area contributed by atoms with Crippen LogP contribution in [0.15, 0.2) is 34.0 Å². The van der Waals surface area contributed by atoms with Gasteiger partial charge in [0, 0.05) is 17.2 Å². The number of carboxylic acid groups (broad SMARTS) is 1. The van der Waals surface area contributed by atoms with Gasteiger partial charge in [-0.15, -0.1) is 0 Å². The first-order valence-electron chi connectivity index (χ1n) is 9.79. The highest BCUT2D eigenvalue weighted by Gasteiger charge is 2.37. The lowest BCUT2D eigenvalue weighted by Gasteiger charge is -2.34. The molecule has 0 aromatic heterocycles. The maximum Gasteiger partial charge on any atom is 0.308 e. The van der Waals surface area contributed by atoms with Crippen molar-refractivity contribution in [3.05, 3.63) is 29.0 Å². The zero-order valence-corrected chi connectivity index (χ0v) is 16.9. The number of aliphatic carboxylic acids is 1. The molecular formula is C21H32N2O4. The number of aliphatic imine (C=N–C) groups is 1. The van der Waals surface area contributed by atoms with Crippen LogP contribution in [0.5, 0.6) is 0 Å². The van der Waals surface area contributed by atoms with E-state index in [4.69, 9.17) is 14.6 Å². The number of allylic oxidation sites excluding steroid dienone is 1. The predicted molar refractivity (Wildman–Crippen MR) is 106 cm³/mol. The Morgan fingerprint density at radius 1 is 1.48 bits per heavy atom. The number of hydrogen-bond donors (Lipinski definition) is 2. The molecule has 2 atom stereocenters. The lowest BCUT2D eigenvalue weighted by atomic mass is 9.82. The third kappa shape index (κ3) is 5.88. The van der Waals surface area contributed by atoms with E-state index in [0.29, 0.717) is 12.5 Å². The summed E-state index contributed by atoms with van der Waals surface area (Å²) in [5, 5.41) is 12.5. The van der Waals surface area contributed by atoms with E-state index in [1.807, 2.05) is 19.9 Å². The van der Waals surface area contributed by atoms with Crippen LogP contribution in [0, 0.1) is 5.92 Å². The van der Waals surface area contributed by atoms with E-state index in [1.54, 1.807) is 0 Å². The summed E-state index contributed by atoms with van der Waals surface area (Å²) in [7, 11) is 0. The third-order valence-electron chi connectivity index (χ3n) is 4.96. The SMILES string of the molecule is CCC(COCOC1(C)CC=CC2=C1C(CCCNC(C)C)=C=N2)C(=O)O. The maximum atomic E-state index is 11.1. The maximum absolute atomic E-state index is 11.1. The summed E-state index contributed by atoms with van der Waals surface area (Å²) in [6.07, 6.45) is 7.25. The van der Waals surface area contributed by atoms with Crippen LogP contribution in [0.3, 0.4) is 0 Å². The van der Waals surface area contributed by atoms with Gasteiger partial charge in [-0.2, -0.15) is 0 Å². The van der Waals surface area contributed by atoms with Crippen LogP contribution in [0.25, 0.3) is 0 Å². The quantitative estimate of drug-likeness (QED) is 0.403. The Morgan fingerprint density at radius 3 is 2.93 bits per heavy atom. The first-order chi connectivity index (χ1) is 12.9. The molecule has 0 saturated carbocycles. The second kappa shape index (κ2) is 10.00. The molecule has 0 amide bonds. The van der Waals surface area contributed by atoms with Gasteiger partial charge >= 0.3 is 5.97 Å². The van der Waals surface area contributed by atoms with Crippen molar-refractivity contribution >= 4 is 11.8 Å². The molecule has 0 aromatic carbocycles. The Balaban J connectivity index is 1.91. The third-order valence-corrected chi connectivity index (χ3v) is 4.96. The van der Waals surface area contributed by atoms with Gasteiger partial charge in [0.05, 0.1) is 23.8 Å². The van der Waals surface area contributed by atoms with Crippen molar-refractivity contribution < 1.29 is 19.4 Å². The van der Waals surface area contributed by atoms with E-state index < -0.39 is 17.5 Å². The highest BCUT2D eigenvalue weighted by atomic mass is 16.7. The van der Waals surface area contributed by atoms with Gasteiger partial charge in [-0.1, -0.05) is 26.8 Å². The Morgan fingerprint density at radius 2 is 2.26 bits per heavy atom. The van der Waals surface area contributed by atoms with Crippen LogP contribution in [-0.4, -0.2) is 48.5 Å². The molecular weight excluding hydrogens is 344 g/mol. The molecule has 2 unspecified atom stereocenters. The van der Waals surface area contributed by atoms with Crippen molar-refractivity contribution in [2.24, 2.45) is 10.9 Å². The van der Waals surface area contributed by atoms with E-state index in [2.05, 4.69) is 36.1 Å². The smallest absolute Gasteiger partial charge is 0.308 e. The van der Waals surface area contributed by atoms with Gasteiger partial charge in [-0.3, -0.25) is 4.79 Å².